The molecule has 6 nitrogen and oxygen atoms in total. The van der Waals surface area contributed by atoms with Crippen LogP contribution in [-0.2, 0) is 23.9 Å². The van der Waals surface area contributed by atoms with Crippen molar-refractivity contribution in [3.05, 3.63) is 0 Å². The first-order chi connectivity index (χ1) is 8.70. The molecule has 0 fully saturated rings. The van der Waals surface area contributed by atoms with Gasteiger partial charge in [0.25, 0.3) is 0 Å². The van der Waals surface area contributed by atoms with Gasteiger partial charge in [-0.25, -0.2) is 0 Å². The van der Waals surface area contributed by atoms with Gasteiger partial charge in [-0.05, 0) is 12.8 Å². The number of unbranched alkanes of at least 4 members (excludes halogenated alkanes) is 1. The van der Waals surface area contributed by atoms with Crippen molar-refractivity contribution in [1.29, 1.82) is 0 Å². The third kappa shape index (κ3) is 8.01. The molecule has 0 aromatic heterocycles. The zero-order valence-electron chi connectivity index (χ0n) is 10.3. The van der Waals surface area contributed by atoms with E-state index in [0.717, 1.165) is 12.8 Å². The van der Waals surface area contributed by atoms with E-state index in [2.05, 4.69) is 4.28 Å². The summed E-state index contributed by atoms with van der Waals surface area (Å²) < 4.78 is 64.6. The lowest BCUT2D eigenvalue weighted by Gasteiger charge is -2.08. The van der Waals surface area contributed by atoms with Crippen LogP contribution in [0.5, 0.6) is 0 Å². The van der Waals surface area contributed by atoms with E-state index >= 15 is 0 Å². The Kier molecular flexibility index (Phi) is 7.95. The molecule has 19 heavy (non-hydrogen) atoms. The summed E-state index contributed by atoms with van der Waals surface area (Å²) in [6.45, 7) is 2.00. The molecule has 0 amide bonds. The second kappa shape index (κ2) is 8.33. The highest BCUT2D eigenvalue weighted by Crippen LogP contribution is 2.23. The molecule has 0 saturated heterocycles. The van der Waals surface area contributed by atoms with Gasteiger partial charge in [0.2, 0.25) is 0 Å². The van der Waals surface area contributed by atoms with Gasteiger partial charge in [-0.1, -0.05) is 13.3 Å². The van der Waals surface area contributed by atoms with Gasteiger partial charge in [0, 0.05) is 13.0 Å². The van der Waals surface area contributed by atoms with Crippen molar-refractivity contribution < 1.29 is 35.4 Å². The van der Waals surface area contributed by atoms with E-state index in [-0.39, 0.29) is 19.4 Å². The minimum atomic E-state index is -5.64. The summed E-state index contributed by atoms with van der Waals surface area (Å²) in [5.74, 6) is -0.492. The molecule has 0 radical (unpaired) electrons. The minimum Gasteiger partial charge on any atom is -0.466 e. The fourth-order valence-corrected chi connectivity index (χ4v) is 1.21. The predicted octanol–water partition coefficient (Wildman–Crippen LogP) is 1.48. The van der Waals surface area contributed by atoms with Crippen LogP contribution in [0.1, 0.15) is 32.6 Å². The Morgan fingerprint density at radius 3 is 2.42 bits per heavy atom. The Balaban J connectivity index is 3.69. The summed E-state index contributed by atoms with van der Waals surface area (Å²) in [4.78, 5) is 11.0. The van der Waals surface area contributed by atoms with Crippen LogP contribution >= 0.6 is 0 Å². The fraction of sp³-hybridized carbons (Fsp3) is 0.889. The maximum atomic E-state index is 11.8. The Morgan fingerprint density at radius 1 is 1.26 bits per heavy atom. The molecule has 0 heterocycles. The second-order valence-electron chi connectivity index (χ2n) is 3.56. The molecule has 0 aromatic carbocycles. The Labute approximate surface area is 109 Å². The maximum absolute atomic E-state index is 11.8. The highest BCUT2D eigenvalue weighted by molar-refractivity contribution is 7.87. The Hall–Kier alpha value is -0.870. The van der Waals surface area contributed by atoms with Crippen molar-refractivity contribution >= 4 is 16.1 Å². The van der Waals surface area contributed by atoms with Crippen LogP contribution in [0.4, 0.5) is 13.2 Å². The summed E-state index contributed by atoms with van der Waals surface area (Å²) in [6, 6.07) is 0. The molecule has 1 N–H and O–H groups in total. The third-order valence-corrected chi connectivity index (χ3v) is 2.78. The molecule has 0 spiro atoms. The average molecular weight is 307 g/mol. The smallest absolute Gasteiger partial charge is 0.466 e. The van der Waals surface area contributed by atoms with Crippen LogP contribution in [0.2, 0.25) is 0 Å². The molecule has 10 heteroatoms. The first kappa shape index (κ1) is 18.1. The highest BCUT2D eigenvalue weighted by atomic mass is 32.2. The molecule has 0 aromatic rings. The SMILES string of the molecule is CCCCOC(=O)CCCNOS(=O)(=O)C(F)(F)F. The summed E-state index contributed by atoms with van der Waals surface area (Å²) in [5, 5.41) is 0. The van der Waals surface area contributed by atoms with Gasteiger partial charge in [0.15, 0.2) is 0 Å². The van der Waals surface area contributed by atoms with Crippen molar-refractivity contribution in [2.45, 2.75) is 38.1 Å². The zero-order valence-corrected chi connectivity index (χ0v) is 11.1. The summed E-state index contributed by atoms with van der Waals surface area (Å²) in [5.41, 5.74) is -3.83. The molecule has 0 bridgehead atoms. The molecule has 0 aliphatic carbocycles. The fourth-order valence-electron chi connectivity index (χ4n) is 0.874. The molecule has 0 unspecified atom stereocenters. The van der Waals surface area contributed by atoms with Crippen molar-refractivity contribution in [2.75, 3.05) is 13.2 Å². The monoisotopic (exact) mass is 307 g/mol. The van der Waals surface area contributed by atoms with Crippen LogP contribution in [0, 0.1) is 0 Å². The number of carbonyl (C=O) groups excluding carboxylic acids is 1. The second-order valence-corrected chi connectivity index (χ2v) is 5.09. The van der Waals surface area contributed by atoms with E-state index in [0.29, 0.717) is 6.61 Å². The van der Waals surface area contributed by atoms with E-state index in [4.69, 9.17) is 4.74 Å². The molecule has 0 aliphatic heterocycles. The largest absolute Gasteiger partial charge is 0.524 e. The zero-order chi connectivity index (χ0) is 14.9. The van der Waals surface area contributed by atoms with Crippen molar-refractivity contribution in [3.8, 4) is 0 Å². The van der Waals surface area contributed by atoms with E-state index in [1.807, 2.05) is 6.92 Å². The molecule has 0 rings (SSSR count). The normalized spacial score (nSPS) is 12.4. The number of ether oxygens (including phenoxy) is 1. The van der Waals surface area contributed by atoms with Crippen molar-refractivity contribution in [1.82, 2.24) is 5.48 Å². The van der Waals surface area contributed by atoms with Crippen LogP contribution in [0.25, 0.3) is 0 Å². The van der Waals surface area contributed by atoms with Crippen molar-refractivity contribution in [2.24, 2.45) is 0 Å². The number of carbonyl (C=O) groups is 1. The van der Waals surface area contributed by atoms with Crippen molar-refractivity contribution in [3.63, 3.8) is 0 Å². The lowest BCUT2D eigenvalue weighted by atomic mass is 10.3. The quantitative estimate of drug-likeness (QED) is 0.301. The summed E-state index contributed by atoms with van der Waals surface area (Å²) >= 11 is 0. The third-order valence-electron chi connectivity index (χ3n) is 1.87. The van der Waals surface area contributed by atoms with Crippen LogP contribution in [0.15, 0.2) is 0 Å². The van der Waals surface area contributed by atoms with Gasteiger partial charge in [-0.15, -0.1) is 0 Å². The molecular weight excluding hydrogens is 291 g/mol. The average Bonchev–Trinajstić information content (AvgIpc) is 2.27. The van der Waals surface area contributed by atoms with Gasteiger partial charge in [0.1, 0.15) is 0 Å². The van der Waals surface area contributed by atoms with Gasteiger partial charge >= 0.3 is 21.6 Å². The first-order valence-electron chi connectivity index (χ1n) is 5.59. The number of nitrogens with one attached hydrogen (secondary N) is 1. The van der Waals surface area contributed by atoms with Gasteiger partial charge in [-0.3, -0.25) is 4.79 Å². The molecule has 0 aliphatic rings. The standard InChI is InChI=1S/C9H16F3NO5S/c1-2-3-7-17-8(14)5-4-6-13-18-19(15,16)9(10,11)12/h13H,2-7H2,1H3. The number of alkyl halides is 3. The summed E-state index contributed by atoms with van der Waals surface area (Å²) in [6.07, 6.45) is 1.67. The van der Waals surface area contributed by atoms with Crippen LogP contribution in [-0.4, -0.2) is 33.0 Å². The number of halogens is 3. The number of rotatable bonds is 9. The molecular formula is C9H16F3NO5S. The van der Waals surface area contributed by atoms with Gasteiger partial charge in [-0.2, -0.15) is 31.4 Å². The first-order valence-corrected chi connectivity index (χ1v) is 6.99. The number of esters is 1. The Morgan fingerprint density at radius 2 is 1.89 bits per heavy atom. The van der Waals surface area contributed by atoms with Crippen LogP contribution in [0.3, 0.4) is 0 Å². The number of hydrogen-bond acceptors (Lipinski definition) is 6. The van der Waals surface area contributed by atoms with Crippen LogP contribution < -0.4 is 5.48 Å². The lowest BCUT2D eigenvalue weighted by molar-refractivity contribution is -0.143. The number of hydrogen-bond donors (Lipinski definition) is 1. The maximum Gasteiger partial charge on any atom is 0.524 e. The molecule has 0 atom stereocenters. The van der Waals surface area contributed by atoms with E-state index < -0.39 is 21.6 Å². The Bertz CT molecular complexity index is 369. The van der Waals surface area contributed by atoms with E-state index in [9.17, 15) is 26.4 Å². The minimum absolute atomic E-state index is 0.0356. The predicted molar refractivity (Wildman–Crippen MR) is 59.2 cm³/mol. The van der Waals surface area contributed by atoms with E-state index in [1.54, 1.807) is 5.48 Å². The summed E-state index contributed by atoms with van der Waals surface area (Å²) in [7, 11) is -5.64. The molecule has 0 saturated carbocycles. The number of hydroxylamine groups is 1. The van der Waals surface area contributed by atoms with Gasteiger partial charge < -0.3 is 4.74 Å². The topological polar surface area (TPSA) is 81.7 Å². The lowest BCUT2D eigenvalue weighted by Crippen LogP contribution is -2.31. The highest BCUT2D eigenvalue weighted by Gasteiger charge is 2.47. The van der Waals surface area contributed by atoms with Gasteiger partial charge in [0.05, 0.1) is 6.61 Å². The van der Waals surface area contributed by atoms with E-state index in [1.165, 1.54) is 0 Å². The molecule has 114 valence electrons.